The van der Waals surface area contributed by atoms with Crippen LogP contribution in [0.3, 0.4) is 0 Å². The Labute approximate surface area is 232 Å². The van der Waals surface area contributed by atoms with Crippen LogP contribution < -0.4 is 0 Å². The van der Waals surface area contributed by atoms with Gasteiger partial charge in [0.1, 0.15) is 0 Å². The number of aliphatic imine (C=N–C) groups is 2. The first-order valence-electron chi connectivity index (χ1n) is 12.7. The van der Waals surface area contributed by atoms with Gasteiger partial charge in [0.15, 0.2) is 10.1 Å². The number of H-pyrrole nitrogens is 2. The zero-order valence-corrected chi connectivity index (χ0v) is 23.0. The standard InChI is InChI=1S/C24H34N5.CHF3O3S.Fe/c1-3-7-19(8-4-1)26-17-23-13-11-21(28-23)15-25-16-22-12-14-24(29-22)18-27-20-9-5-2-6-10-20;2-1(3,4)8(5,6)7;/h11-14,17-20,28-29H,1-10,15-16H2;(H,5,6,7);/q-1;;+2/p-1. The Morgan fingerprint density at radius 2 is 1.18 bits per heavy atom. The van der Waals surface area contributed by atoms with Gasteiger partial charge in [0.25, 0.3) is 0 Å². The average molecular weight is 597 g/mol. The number of alkyl halides is 3. The van der Waals surface area contributed by atoms with Gasteiger partial charge in [-0.25, -0.2) is 8.42 Å². The molecule has 8 nitrogen and oxygen atoms in total. The minimum absolute atomic E-state index is 0. The molecule has 0 unspecified atom stereocenters. The molecule has 0 amide bonds. The molecule has 0 atom stereocenters. The molecule has 2 fully saturated rings. The Morgan fingerprint density at radius 3 is 1.53 bits per heavy atom. The smallest absolute Gasteiger partial charge is 0.741 e. The van der Waals surface area contributed by atoms with E-state index in [1.54, 1.807) is 0 Å². The van der Waals surface area contributed by atoms with Crippen molar-refractivity contribution < 1.29 is 43.2 Å². The van der Waals surface area contributed by atoms with Crippen LogP contribution in [0.15, 0.2) is 34.3 Å². The summed E-state index contributed by atoms with van der Waals surface area (Å²) in [5.74, 6) is 0. The largest absolute Gasteiger partial charge is 2.00 e. The molecule has 212 valence electrons. The van der Waals surface area contributed by atoms with Crippen molar-refractivity contribution in [3.8, 4) is 0 Å². The normalized spacial score (nSPS) is 17.9. The second kappa shape index (κ2) is 15.6. The molecule has 38 heavy (non-hydrogen) atoms. The Kier molecular flexibility index (Phi) is 13.3. The predicted molar refractivity (Wildman–Crippen MR) is 137 cm³/mol. The molecule has 2 aliphatic rings. The fourth-order valence-corrected chi connectivity index (χ4v) is 4.38. The Balaban J connectivity index is 0.000000493. The van der Waals surface area contributed by atoms with Crippen molar-refractivity contribution in [1.29, 1.82) is 0 Å². The van der Waals surface area contributed by atoms with E-state index in [0.29, 0.717) is 25.2 Å². The number of rotatable bonds is 8. The van der Waals surface area contributed by atoms with Crippen molar-refractivity contribution in [2.45, 2.75) is 94.9 Å². The van der Waals surface area contributed by atoms with Crippen molar-refractivity contribution in [1.82, 2.24) is 9.97 Å². The molecule has 2 aromatic heterocycles. The topological polar surface area (TPSA) is 128 Å². The molecule has 4 rings (SSSR count). The molecule has 0 aromatic carbocycles. The summed E-state index contributed by atoms with van der Waals surface area (Å²) in [5, 5.41) is 4.69. The van der Waals surface area contributed by atoms with Crippen molar-refractivity contribution >= 4 is 22.5 Å². The third-order valence-corrected chi connectivity index (χ3v) is 6.95. The number of hydrogen-bond donors (Lipinski definition) is 2. The van der Waals surface area contributed by atoms with E-state index in [-0.39, 0.29) is 17.1 Å². The Morgan fingerprint density at radius 1 is 0.816 bits per heavy atom. The summed E-state index contributed by atoms with van der Waals surface area (Å²) in [6.45, 7) is 1.39. The zero-order valence-electron chi connectivity index (χ0n) is 21.1. The number of aromatic nitrogens is 2. The van der Waals surface area contributed by atoms with Gasteiger partial charge >= 0.3 is 22.6 Å². The van der Waals surface area contributed by atoms with E-state index in [2.05, 4.69) is 39.6 Å². The summed E-state index contributed by atoms with van der Waals surface area (Å²) < 4.78 is 58.9. The minimum Gasteiger partial charge on any atom is -0.741 e. The molecule has 0 spiro atoms. The van der Waals surface area contributed by atoms with Crippen molar-refractivity contribution in [3.63, 3.8) is 0 Å². The first-order valence-corrected chi connectivity index (χ1v) is 14.1. The third-order valence-electron chi connectivity index (χ3n) is 6.38. The van der Waals surface area contributed by atoms with Gasteiger partial charge in [-0.3, -0.25) is 9.98 Å². The van der Waals surface area contributed by atoms with Crippen LogP contribution in [0, 0.1) is 0 Å². The monoisotopic (exact) mass is 597 g/mol. The van der Waals surface area contributed by atoms with Crippen LogP contribution in [0.25, 0.3) is 5.32 Å². The maximum Gasteiger partial charge on any atom is 2.00 e. The van der Waals surface area contributed by atoms with E-state index in [0.717, 1.165) is 22.8 Å². The quantitative estimate of drug-likeness (QED) is 0.168. The molecule has 2 heterocycles. The molecular weight excluding hydrogens is 563 g/mol. The van der Waals surface area contributed by atoms with Crippen LogP contribution in [0.1, 0.15) is 87.0 Å². The first-order chi connectivity index (χ1) is 17.6. The van der Waals surface area contributed by atoms with Crippen LogP contribution in [0.2, 0.25) is 0 Å². The fraction of sp³-hybridized carbons (Fsp3) is 0.600. The molecule has 13 heteroatoms. The number of hydrogen-bond acceptors (Lipinski definition) is 5. The molecule has 2 aromatic rings. The van der Waals surface area contributed by atoms with Gasteiger partial charge in [-0.2, -0.15) is 13.2 Å². The van der Waals surface area contributed by atoms with Crippen LogP contribution in [0.4, 0.5) is 13.2 Å². The summed E-state index contributed by atoms with van der Waals surface area (Å²) in [7, 11) is -6.09. The van der Waals surface area contributed by atoms with Crippen molar-refractivity contribution in [2.75, 3.05) is 0 Å². The zero-order chi connectivity index (χ0) is 26.7. The van der Waals surface area contributed by atoms with Crippen molar-refractivity contribution in [3.05, 3.63) is 52.4 Å². The van der Waals surface area contributed by atoms with E-state index in [4.69, 9.17) is 23.0 Å². The molecule has 0 aliphatic heterocycles. The van der Waals surface area contributed by atoms with Crippen LogP contribution in [-0.4, -0.2) is 53.0 Å². The first kappa shape index (κ1) is 32.3. The number of aromatic amines is 2. The third kappa shape index (κ3) is 11.4. The van der Waals surface area contributed by atoms with Gasteiger partial charge in [0.05, 0.1) is 23.5 Å². The number of nitrogens with zero attached hydrogens (tertiary/aromatic N) is 3. The van der Waals surface area contributed by atoms with Crippen LogP contribution in [-0.2, 0) is 40.3 Å². The van der Waals surface area contributed by atoms with Crippen molar-refractivity contribution in [2.24, 2.45) is 9.98 Å². The van der Waals surface area contributed by atoms with E-state index < -0.39 is 15.6 Å². The molecule has 0 radical (unpaired) electrons. The summed E-state index contributed by atoms with van der Waals surface area (Å²) in [6, 6.07) is 9.47. The Bertz CT molecular complexity index is 1050. The van der Waals surface area contributed by atoms with Gasteiger partial charge in [0, 0.05) is 12.4 Å². The van der Waals surface area contributed by atoms with E-state index in [9.17, 15) is 13.2 Å². The molecule has 0 bridgehead atoms. The number of halogens is 3. The number of nitrogens with one attached hydrogen (secondary N) is 2. The van der Waals surface area contributed by atoms with Gasteiger partial charge in [-0.15, -0.1) is 13.1 Å². The molecular formula is C25H34F3FeN5O3S. The van der Waals surface area contributed by atoms with E-state index in [1.807, 2.05) is 12.4 Å². The SMILES string of the molecule is C(=NC1CCCCC1)c1ccc(C[N-]Cc2ccc(C=NC3CCCCC3)[nH]2)[nH]1.O=S(=O)([O-])C(F)(F)F.[Fe+2]. The average Bonchev–Trinajstić information content (AvgIpc) is 3.51. The maximum absolute atomic E-state index is 10.7. The van der Waals surface area contributed by atoms with Gasteiger partial charge in [-0.1, -0.05) is 38.5 Å². The molecule has 2 aliphatic carbocycles. The summed E-state index contributed by atoms with van der Waals surface area (Å²) in [4.78, 5) is 16.3. The summed E-state index contributed by atoms with van der Waals surface area (Å²) in [5.41, 5.74) is -1.20. The van der Waals surface area contributed by atoms with Gasteiger partial charge < -0.3 is 19.8 Å². The Hall–Kier alpha value is -1.92. The van der Waals surface area contributed by atoms with Crippen LogP contribution in [0.5, 0.6) is 0 Å². The van der Waals surface area contributed by atoms with E-state index in [1.165, 1.54) is 64.2 Å². The molecule has 2 saturated carbocycles. The second-order valence-corrected chi connectivity index (χ2v) is 10.8. The summed E-state index contributed by atoms with van der Waals surface area (Å²) >= 11 is 0. The molecule has 0 saturated heterocycles. The minimum atomic E-state index is -6.09. The second-order valence-electron chi connectivity index (χ2n) is 9.46. The van der Waals surface area contributed by atoms with Gasteiger partial charge in [0.2, 0.25) is 0 Å². The molecule has 2 N–H and O–H groups in total. The maximum atomic E-state index is 10.7. The fourth-order valence-electron chi connectivity index (χ4n) is 4.38. The summed E-state index contributed by atoms with van der Waals surface area (Å²) in [6.07, 6.45) is 17.0. The predicted octanol–water partition coefficient (Wildman–Crippen LogP) is 5.97. The van der Waals surface area contributed by atoms with E-state index >= 15 is 0 Å². The van der Waals surface area contributed by atoms with Crippen LogP contribution >= 0.6 is 0 Å². The van der Waals surface area contributed by atoms with Gasteiger partial charge in [-0.05, 0) is 61.3 Å².